The molecule has 4 nitrogen and oxygen atoms in total. The number of sulfone groups is 1. The Kier molecular flexibility index (Phi) is 5.14. The number of nitrogens with zero attached hydrogens (tertiary/aromatic N) is 1. The van der Waals surface area contributed by atoms with Crippen molar-refractivity contribution in [1.82, 2.24) is 4.98 Å². The predicted molar refractivity (Wildman–Crippen MR) is 83.5 cm³/mol. The van der Waals surface area contributed by atoms with Crippen LogP contribution in [0.4, 0.5) is 5.82 Å². The molecule has 2 rings (SSSR count). The van der Waals surface area contributed by atoms with E-state index in [-0.39, 0.29) is 5.75 Å². The summed E-state index contributed by atoms with van der Waals surface area (Å²) in [5.74, 6) is 0.867. The molecular formula is C14H15BrN2O2S. The van der Waals surface area contributed by atoms with Crippen LogP contribution in [-0.4, -0.2) is 25.7 Å². The average molecular weight is 355 g/mol. The van der Waals surface area contributed by atoms with E-state index in [1.165, 1.54) is 0 Å². The molecule has 0 spiro atoms. The van der Waals surface area contributed by atoms with Gasteiger partial charge in [-0.3, -0.25) is 0 Å². The van der Waals surface area contributed by atoms with Crippen molar-refractivity contribution < 1.29 is 8.42 Å². The van der Waals surface area contributed by atoms with Crippen molar-refractivity contribution in [2.45, 2.75) is 11.3 Å². The van der Waals surface area contributed by atoms with E-state index >= 15 is 0 Å². The molecule has 0 atom stereocenters. The van der Waals surface area contributed by atoms with Crippen molar-refractivity contribution >= 4 is 31.6 Å². The molecule has 0 fully saturated rings. The second-order valence-corrected chi connectivity index (χ2v) is 7.30. The van der Waals surface area contributed by atoms with Crippen molar-refractivity contribution in [2.75, 3.05) is 17.6 Å². The molecule has 0 saturated carbocycles. The number of benzene rings is 1. The van der Waals surface area contributed by atoms with Gasteiger partial charge in [0, 0.05) is 17.2 Å². The summed E-state index contributed by atoms with van der Waals surface area (Å²) in [6.07, 6.45) is 2.23. The second kappa shape index (κ2) is 6.85. The lowest BCUT2D eigenvalue weighted by atomic mass is 10.4. The Hall–Kier alpha value is -1.40. The summed E-state index contributed by atoms with van der Waals surface area (Å²) in [5, 5.41) is 3.10. The van der Waals surface area contributed by atoms with Crippen LogP contribution in [0, 0.1) is 0 Å². The first kappa shape index (κ1) is 15.0. The monoisotopic (exact) mass is 354 g/mol. The summed E-state index contributed by atoms with van der Waals surface area (Å²) in [4.78, 5) is 4.54. The SMILES string of the molecule is O=S(=O)(CCCNc1ccc(Br)cn1)c1ccccc1. The van der Waals surface area contributed by atoms with E-state index in [9.17, 15) is 8.42 Å². The van der Waals surface area contributed by atoms with Crippen molar-refractivity contribution in [3.8, 4) is 0 Å². The topological polar surface area (TPSA) is 59.1 Å². The van der Waals surface area contributed by atoms with Crippen LogP contribution < -0.4 is 5.32 Å². The maximum Gasteiger partial charge on any atom is 0.178 e. The highest BCUT2D eigenvalue weighted by molar-refractivity contribution is 9.10. The van der Waals surface area contributed by atoms with E-state index in [2.05, 4.69) is 26.2 Å². The van der Waals surface area contributed by atoms with Gasteiger partial charge >= 0.3 is 0 Å². The molecule has 0 radical (unpaired) electrons. The van der Waals surface area contributed by atoms with Gasteiger partial charge < -0.3 is 5.32 Å². The third-order valence-electron chi connectivity index (χ3n) is 2.73. The summed E-state index contributed by atoms with van der Waals surface area (Å²) in [7, 11) is -3.19. The van der Waals surface area contributed by atoms with Gasteiger partial charge in [-0.05, 0) is 46.6 Å². The largest absolute Gasteiger partial charge is 0.370 e. The highest BCUT2D eigenvalue weighted by atomic mass is 79.9. The molecule has 20 heavy (non-hydrogen) atoms. The summed E-state index contributed by atoms with van der Waals surface area (Å²) in [6, 6.07) is 12.2. The van der Waals surface area contributed by atoms with Crippen LogP contribution >= 0.6 is 15.9 Å². The molecule has 0 amide bonds. The van der Waals surface area contributed by atoms with Gasteiger partial charge in [-0.2, -0.15) is 0 Å². The zero-order valence-corrected chi connectivity index (χ0v) is 13.2. The third-order valence-corrected chi connectivity index (χ3v) is 5.01. The van der Waals surface area contributed by atoms with Crippen LogP contribution in [0.15, 0.2) is 58.0 Å². The van der Waals surface area contributed by atoms with Crippen LogP contribution in [0.1, 0.15) is 6.42 Å². The maximum atomic E-state index is 12.0. The zero-order chi connectivity index (χ0) is 14.4. The third kappa shape index (κ3) is 4.31. The van der Waals surface area contributed by atoms with E-state index in [0.29, 0.717) is 17.9 Å². The fraction of sp³-hybridized carbons (Fsp3) is 0.214. The van der Waals surface area contributed by atoms with Gasteiger partial charge in [-0.1, -0.05) is 18.2 Å². The Morgan fingerprint density at radius 3 is 2.50 bits per heavy atom. The fourth-order valence-electron chi connectivity index (χ4n) is 1.70. The smallest absolute Gasteiger partial charge is 0.178 e. The first-order valence-electron chi connectivity index (χ1n) is 6.21. The summed E-state index contributed by atoms with van der Waals surface area (Å²) in [6.45, 7) is 0.570. The van der Waals surface area contributed by atoms with Crippen LogP contribution in [0.3, 0.4) is 0 Å². The number of hydrogen-bond acceptors (Lipinski definition) is 4. The highest BCUT2D eigenvalue weighted by Gasteiger charge is 2.12. The minimum atomic E-state index is -3.19. The van der Waals surface area contributed by atoms with Crippen LogP contribution in [0.5, 0.6) is 0 Å². The zero-order valence-electron chi connectivity index (χ0n) is 10.8. The molecule has 106 valence electrons. The molecule has 0 aliphatic carbocycles. The molecule has 2 aromatic rings. The molecule has 0 unspecified atom stereocenters. The summed E-state index contributed by atoms with van der Waals surface area (Å²) in [5.41, 5.74) is 0. The molecule has 1 aromatic heterocycles. The number of nitrogens with one attached hydrogen (secondary N) is 1. The van der Waals surface area contributed by atoms with Crippen LogP contribution in [0.2, 0.25) is 0 Å². The minimum absolute atomic E-state index is 0.126. The number of pyridine rings is 1. The Morgan fingerprint density at radius 1 is 1.10 bits per heavy atom. The van der Waals surface area contributed by atoms with Gasteiger partial charge in [-0.25, -0.2) is 13.4 Å². The van der Waals surface area contributed by atoms with E-state index in [0.717, 1.165) is 10.3 Å². The van der Waals surface area contributed by atoms with Crippen molar-refractivity contribution in [2.24, 2.45) is 0 Å². The quantitative estimate of drug-likeness (QED) is 0.809. The minimum Gasteiger partial charge on any atom is -0.370 e. The number of anilines is 1. The Morgan fingerprint density at radius 2 is 1.85 bits per heavy atom. The van der Waals surface area contributed by atoms with Gasteiger partial charge in [0.25, 0.3) is 0 Å². The van der Waals surface area contributed by atoms with Gasteiger partial charge in [-0.15, -0.1) is 0 Å². The number of hydrogen-bond donors (Lipinski definition) is 1. The number of aromatic nitrogens is 1. The lowest BCUT2D eigenvalue weighted by Gasteiger charge is -2.06. The molecule has 0 bridgehead atoms. The molecule has 0 aliphatic heterocycles. The number of halogens is 1. The maximum absolute atomic E-state index is 12.0. The van der Waals surface area contributed by atoms with E-state index < -0.39 is 9.84 Å². The van der Waals surface area contributed by atoms with Crippen molar-refractivity contribution in [3.05, 3.63) is 53.1 Å². The molecule has 1 N–H and O–H groups in total. The lowest BCUT2D eigenvalue weighted by molar-refractivity contribution is 0.594. The van der Waals surface area contributed by atoms with Crippen LogP contribution in [0.25, 0.3) is 0 Å². The molecule has 0 aliphatic rings. The predicted octanol–water partition coefficient (Wildman–Crippen LogP) is 3.12. The van der Waals surface area contributed by atoms with E-state index in [1.807, 2.05) is 12.1 Å². The summed E-state index contributed by atoms with van der Waals surface area (Å²) >= 11 is 3.31. The van der Waals surface area contributed by atoms with E-state index in [1.54, 1.807) is 36.5 Å². The number of rotatable bonds is 6. The molecule has 6 heteroatoms. The highest BCUT2D eigenvalue weighted by Crippen LogP contribution is 2.12. The van der Waals surface area contributed by atoms with Crippen molar-refractivity contribution in [3.63, 3.8) is 0 Å². The van der Waals surface area contributed by atoms with Gasteiger partial charge in [0.15, 0.2) is 9.84 Å². The molecular weight excluding hydrogens is 340 g/mol. The lowest BCUT2D eigenvalue weighted by Crippen LogP contribution is -2.12. The Labute approximate surface area is 127 Å². The molecule has 1 heterocycles. The normalized spacial score (nSPS) is 11.2. The van der Waals surface area contributed by atoms with E-state index in [4.69, 9.17) is 0 Å². The van der Waals surface area contributed by atoms with Gasteiger partial charge in [0.05, 0.1) is 10.6 Å². The first-order chi connectivity index (χ1) is 9.58. The average Bonchev–Trinajstić information content (AvgIpc) is 2.46. The van der Waals surface area contributed by atoms with Gasteiger partial charge in [0.1, 0.15) is 5.82 Å². The molecule has 1 aromatic carbocycles. The Bertz CT molecular complexity index is 643. The second-order valence-electron chi connectivity index (χ2n) is 4.27. The first-order valence-corrected chi connectivity index (χ1v) is 8.66. The fourth-order valence-corrected chi connectivity index (χ4v) is 3.27. The molecule has 0 saturated heterocycles. The van der Waals surface area contributed by atoms with Crippen molar-refractivity contribution in [1.29, 1.82) is 0 Å². The Balaban J connectivity index is 1.83. The summed E-state index contributed by atoms with van der Waals surface area (Å²) < 4.78 is 25.0. The van der Waals surface area contributed by atoms with Gasteiger partial charge in [0.2, 0.25) is 0 Å². The standard InChI is InChI=1S/C14H15BrN2O2S/c15-12-7-8-14(17-11-12)16-9-4-10-20(18,19)13-5-2-1-3-6-13/h1-3,5-8,11H,4,9-10H2,(H,16,17). The van der Waals surface area contributed by atoms with Crippen LogP contribution in [-0.2, 0) is 9.84 Å².